The number of thiophene rings is 3. The molecule has 1 aliphatic heterocycles. The van der Waals surface area contributed by atoms with Crippen molar-refractivity contribution in [2.24, 2.45) is 0 Å². The van der Waals surface area contributed by atoms with E-state index in [1.807, 2.05) is 34.0 Å². The number of benzene rings is 9. The molecule has 0 atom stereocenters. The van der Waals surface area contributed by atoms with E-state index >= 15 is 0 Å². The molecule has 0 bridgehead atoms. The van der Waals surface area contributed by atoms with Gasteiger partial charge in [-0.15, -0.1) is 34.0 Å². The number of rotatable bonds is 6. The number of aromatic nitrogens is 1. The molecule has 1 N–H and O–H groups in total. The average molecular weight is 967 g/mol. The summed E-state index contributed by atoms with van der Waals surface area (Å²) in [5.74, 6) is 0. The van der Waals surface area contributed by atoms with E-state index in [1.165, 1.54) is 110 Å². The molecule has 0 fully saturated rings. The lowest BCUT2D eigenvalue weighted by molar-refractivity contribution is 0.590. The first kappa shape index (κ1) is 42.7. The molecule has 0 aliphatic carbocycles. The fourth-order valence-electron chi connectivity index (χ4n) is 11.1. The van der Waals surface area contributed by atoms with Gasteiger partial charge >= 0.3 is 0 Å². The van der Waals surface area contributed by atoms with Crippen molar-refractivity contribution in [2.45, 2.75) is 52.4 Å². The van der Waals surface area contributed by atoms with E-state index in [-0.39, 0.29) is 10.8 Å². The molecule has 0 amide bonds. The highest BCUT2D eigenvalue weighted by atomic mass is 32.1. The Morgan fingerprint density at radius 2 is 1.06 bits per heavy atom. The second-order valence-electron chi connectivity index (χ2n) is 21.3. The molecule has 0 spiro atoms. The van der Waals surface area contributed by atoms with Crippen LogP contribution >= 0.6 is 34.0 Å². The van der Waals surface area contributed by atoms with Crippen LogP contribution in [0, 0.1) is 0 Å². The van der Waals surface area contributed by atoms with E-state index in [0.29, 0.717) is 0 Å². The molecule has 0 saturated carbocycles. The van der Waals surface area contributed by atoms with Crippen molar-refractivity contribution in [3.8, 4) is 16.8 Å². The van der Waals surface area contributed by atoms with Crippen LogP contribution in [0.2, 0.25) is 0 Å². The minimum Gasteiger partial charge on any atom is -0.355 e. The molecule has 14 rings (SSSR count). The molecule has 7 heteroatoms. The van der Waals surface area contributed by atoms with Crippen LogP contribution in [0.5, 0.6) is 0 Å². The molecule has 5 heterocycles. The number of fused-ring (bicyclic) bond motifs is 13. The van der Waals surface area contributed by atoms with E-state index in [9.17, 15) is 0 Å². The monoisotopic (exact) mass is 966 g/mol. The number of nitrogens with zero attached hydrogens (tertiary/aromatic N) is 2. The highest BCUT2D eigenvalue weighted by Gasteiger charge is 2.31. The van der Waals surface area contributed by atoms with Gasteiger partial charge in [-0.3, -0.25) is 0 Å². The number of hydrogen-bond acceptors (Lipinski definition) is 5. The minimum absolute atomic E-state index is 0.0207. The zero-order chi connectivity index (χ0) is 47.9. The first-order valence-electron chi connectivity index (χ1n) is 24.6. The Hall–Kier alpha value is -7.16. The fourth-order valence-corrected chi connectivity index (χ4v) is 14.4. The maximum absolute atomic E-state index is 4.00. The van der Waals surface area contributed by atoms with Gasteiger partial charge in [-0.2, -0.15) is 0 Å². The molecule has 341 valence electrons. The van der Waals surface area contributed by atoms with Gasteiger partial charge in [-0.1, -0.05) is 126 Å². The number of anilines is 5. The molecule has 0 saturated heterocycles. The highest BCUT2D eigenvalue weighted by Crippen LogP contribution is 2.48. The Kier molecular flexibility index (Phi) is 9.43. The van der Waals surface area contributed by atoms with Crippen LogP contribution in [-0.2, 0) is 10.8 Å². The summed E-state index contributed by atoms with van der Waals surface area (Å²) in [5, 5.41) is 13.1. The van der Waals surface area contributed by atoms with Crippen molar-refractivity contribution in [3.05, 3.63) is 193 Å². The van der Waals surface area contributed by atoms with Crippen LogP contribution in [0.1, 0.15) is 52.7 Å². The number of hydrogen-bond donors (Lipinski definition) is 1. The molecule has 13 aromatic rings. The van der Waals surface area contributed by atoms with E-state index in [2.05, 4.69) is 246 Å². The van der Waals surface area contributed by atoms with E-state index in [1.54, 1.807) is 0 Å². The first-order chi connectivity index (χ1) is 34.4. The second-order valence-corrected chi connectivity index (χ2v) is 24.5. The highest BCUT2D eigenvalue weighted by molar-refractivity contribution is 7.29. The van der Waals surface area contributed by atoms with Crippen LogP contribution in [0.25, 0.3) is 89.1 Å². The van der Waals surface area contributed by atoms with Gasteiger partial charge in [0.1, 0.15) is 0 Å². The Labute approximate surface area is 426 Å². The lowest BCUT2D eigenvalue weighted by atomic mass is 9.63. The number of para-hydroxylation sites is 2. The third-order valence-corrected chi connectivity index (χ3v) is 18.1. The SMILES string of the molecule is CC(C)(C)c1ccc(Nc2cc3sc4ccc(N(c5ccccc5)c5ccccc5)cc4c3cc2-c2ccc3c4cc5c(cc4n4c3c2[B]c2sc3ccc(C(C)(C)C)cc3c2-4)sc2ccccc25)cc1. The van der Waals surface area contributed by atoms with Crippen LogP contribution in [0.15, 0.2) is 182 Å². The Balaban J connectivity index is 1.04. The summed E-state index contributed by atoms with van der Waals surface area (Å²) in [6, 6.07) is 68.2. The van der Waals surface area contributed by atoms with Gasteiger partial charge in [0, 0.05) is 101 Å². The summed E-state index contributed by atoms with van der Waals surface area (Å²) < 4.78 is 10.4. The van der Waals surface area contributed by atoms with Gasteiger partial charge < -0.3 is 14.8 Å². The van der Waals surface area contributed by atoms with Crippen LogP contribution < -0.4 is 20.5 Å². The normalized spacial score (nSPS) is 12.8. The first-order valence-corrected chi connectivity index (χ1v) is 27.0. The van der Waals surface area contributed by atoms with Crippen molar-refractivity contribution in [2.75, 3.05) is 10.2 Å². The maximum Gasteiger partial charge on any atom is 0.211 e. The molecular formula is C64H49BN3S3. The molecule has 1 aliphatic rings. The summed E-state index contributed by atoms with van der Waals surface area (Å²) in [7, 11) is 2.51. The minimum atomic E-state index is 0.0207. The van der Waals surface area contributed by atoms with Gasteiger partial charge in [0.25, 0.3) is 0 Å². The third kappa shape index (κ3) is 6.81. The smallest absolute Gasteiger partial charge is 0.211 e. The van der Waals surface area contributed by atoms with E-state index < -0.39 is 0 Å². The van der Waals surface area contributed by atoms with E-state index in [0.717, 1.165) is 28.4 Å². The maximum atomic E-state index is 4.00. The predicted octanol–water partition coefficient (Wildman–Crippen LogP) is 18.2. The summed E-state index contributed by atoms with van der Waals surface area (Å²) in [6.45, 7) is 13.8. The van der Waals surface area contributed by atoms with Gasteiger partial charge in [-0.05, 0) is 135 Å². The quantitative estimate of drug-likeness (QED) is 0.168. The molecular weight excluding hydrogens is 918 g/mol. The van der Waals surface area contributed by atoms with Crippen molar-refractivity contribution in [3.63, 3.8) is 0 Å². The number of nitrogens with one attached hydrogen (secondary N) is 1. The summed E-state index contributed by atoms with van der Waals surface area (Å²) in [4.78, 5) is 2.37. The molecule has 4 aromatic heterocycles. The van der Waals surface area contributed by atoms with Crippen molar-refractivity contribution >= 4 is 152 Å². The zero-order valence-corrected chi connectivity index (χ0v) is 43.0. The van der Waals surface area contributed by atoms with E-state index in [4.69, 9.17) is 0 Å². The van der Waals surface area contributed by atoms with Gasteiger partial charge in [0.2, 0.25) is 7.28 Å². The van der Waals surface area contributed by atoms with Gasteiger partial charge in [0.05, 0.1) is 11.2 Å². The molecule has 71 heavy (non-hydrogen) atoms. The Morgan fingerprint density at radius 3 is 1.79 bits per heavy atom. The molecule has 1 radical (unpaired) electrons. The predicted molar refractivity (Wildman–Crippen MR) is 314 cm³/mol. The van der Waals surface area contributed by atoms with Crippen LogP contribution in [0.4, 0.5) is 28.4 Å². The van der Waals surface area contributed by atoms with Crippen molar-refractivity contribution in [1.29, 1.82) is 0 Å². The fraction of sp³-hybridized carbons (Fsp3) is 0.125. The van der Waals surface area contributed by atoms with Gasteiger partial charge in [-0.25, -0.2) is 0 Å². The van der Waals surface area contributed by atoms with Crippen molar-refractivity contribution in [1.82, 2.24) is 4.57 Å². The Bertz CT molecular complexity index is 4260. The van der Waals surface area contributed by atoms with Crippen molar-refractivity contribution < 1.29 is 0 Å². The lowest BCUT2D eigenvalue weighted by Gasteiger charge is -2.25. The molecule has 9 aromatic carbocycles. The summed E-state index contributed by atoms with van der Waals surface area (Å²) >= 11 is 5.68. The van der Waals surface area contributed by atoms with Crippen LogP contribution in [0.3, 0.4) is 0 Å². The largest absolute Gasteiger partial charge is 0.355 e. The molecule has 0 unspecified atom stereocenters. The van der Waals surface area contributed by atoms with Gasteiger partial charge in [0.15, 0.2) is 0 Å². The average Bonchev–Trinajstić information content (AvgIpc) is 4.12. The van der Waals surface area contributed by atoms with Crippen LogP contribution in [-0.4, -0.2) is 11.8 Å². The second kappa shape index (κ2) is 15.7. The standard InChI is InChI=1S/C64H49BN3S3/c1-63(2,3)37-21-24-39(25-22-37)66-52-35-57-50(48-32-42(26-30-55(48)70-57)67(40-15-9-7-10-16-40)41-17-11-8-12-18-41)33-46(52)44-27-28-45-47-34-49-43-19-13-14-20-54(43)69-58(49)36-53(47)68-60(45)59(44)65-62-61(68)51-31-38(64(4,5)6)23-29-56(51)71-62/h7-36,66H,1-6H3. The lowest BCUT2D eigenvalue weighted by Crippen LogP contribution is -2.35. The topological polar surface area (TPSA) is 20.2 Å². The molecule has 3 nitrogen and oxygen atoms in total. The zero-order valence-electron chi connectivity index (χ0n) is 40.5. The summed E-state index contributed by atoms with van der Waals surface area (Å²) in [5.41, 5.74) is 15.8. The third-order valence-electron chi connectivity index (χ3n) is 14.7. The summed E-state index contributed by atoms with van der Waals surface area (Å²) in [6.07, 6.45) is 0. The Morgan fingerprint density at radius 1 is 0.437 bits per heavy atom.